The average Bonchev–Trinajstić information content (AvgIpc) is 2.46. The molecule has 0 aliphatic heterocycles. The number of aryl methyl sites for hydroxylation is 1. The van der Waals surface area contributed by atoms with Crippen LogP contribution in [0.4, 0.5) is 5.69 Å². The van der Waals surface area contributed by atoms with E-state index in [2.05, 4.69) is 10.3 Å². The van der Waals surface area contributed by atoms with Crippen LogP contribution < -0.4 is 14.8 Å². The molecule has 1 aromatic carbocycles. The third-order valence-corrected chi connectivity index (χ3v) is 3.00. The van der Waals surface area contributed by atoms with Crippen LogP contribution in [0.15, 0.2) is 36.7 Å². The Hall–Kier alpha value is -2.23. The van der Waals surface area contributed by atoms with Crippen LogP contribution in [0, 0.1) is 6.92 Å². The number of pyridine rings is 1. The summed E-state index contributed by atoms with van der Waals surface area (Å²) in [4.78, 5) is 4.12. The Bertz CT molecular complexity index is 556. The van der Waals surface area contributed by atoms with Crippen molar-refractivity contribution in [2.75, 3.05) is 19.5 Å². The molecule has 4 heteroatoms. The van der Waals surface area contributed by atoms with Gasteiger partial charge in [0.1, 0.15) is 11.5 Å². The molecule has 0 aliphatic carbocycles. The van der Waals surface area contributed by atoms with E-state index in [0.29, 0.717) is 6.54 Å². The number of anilines is 1. The lowest BCUT2D eigenvalue weighted by Crippen LogP contribution is -2.03. The third kappa shape index (κ3) is 3.16. The zero-order valence-electron chi connectivity index (χ0n) is 11.4. The highest BCUT2D eigenvalue weighted by molar-refractivity contribution is 5.50. The summed E-state index contributed by atoms with van der Waals surface area (Å²) < 4.78 is 10.6. The molecule has 1 heterocycles. The largest absolute Gasteiger partial charge is 0.497 e. The van der Waals surface area contributed by atoms with Gasteiger partial charge in [0.2, 0.25) is 0 Å². The smallest absolute Gasteiger partial charge is 0.124 e. The van der Waals surface area contributed by atoms with Crippen LogP contribution in [0.1, 0.15) is 11.1 Å². The summed E-state index contributed by atoms with van der Waals surface area (Å²) in [6.07, 6.45) is 3.61. The van der Waals surface area contributed by atoms with E-state index >= 15 is 0 Å². The molecule has 2 aromatic rings. The van der Waals surface area contributed by atoms with E-state index in [4.69, 9.17) is 9.47 Å². The second-order valence-corrected chi connectivity index (χ2v) is 4.22. The fraction of sp³-hybridized carbons (Fsp3) is 0.267. The van der Waals surface area contributed by atoms with Gasteiger partial charge < -0.3 is 14.8 Å². The zero-order chi connectivity index (χ0) is 13.7. The Morgan fingerprint density at radius 1 is 1.16 bits per heavy atom. The maximum Gasteiger partial charge on any atom is 0.124 e. The predicted molar refractivity (Wildman–Crippen MR) is 75.8 cm³/mol. The van der Waals surface area contributed by atoms with Gasteiger partial charge in [0.25, 0.3) is 0 Å². The maximum absolute atomic E-state index is 5.35. The maximum atomic E-state index is 5.35. The first kappa shape index (κ1) is 13.2. The molecule has 0 bridgehead atoms. The van der Waals surface area contributed by atoms with Crippen molar-refractivity contribution in [2.24, 2.45) is 0 Å². The highest BCUT2D eigenvalue weighted by atomic mass is 16.5. The molecular formula is C15H18N2O2. The molecule has 100 valence electrons. The summed E-state index contributed by atoms with van der Waals surface area (Å²) in [7, 11) is 3.32. The first-order valence-corrected chi connectivity index (χ1v) is 6.10. The molecule has 19 heavy (non-hydrogen) atoms. The van der Waals surface area contributed by atoms with E-state index in [0.717, 1.165) is 28.3 Å². The van der Waals surface area contributed by atoms with Crippen LogP contribution in [-0.4, -0.2) is 19.2 Å². The monoisotopic (exact) mass is 258 g/mol. The minimum Gasteiger partial charge on any atom is -0.497 e. The van der Waals surface area contributed by atoms with Gasteiger partial charge in [-0.05, 0) is 36.8 Å². The Morgan fingerprint density at radius 3 is 2.68 bits per heavy atom. The highest BCUT2D eigenvalue weighted by Gasteiger charge is 2.05. The van der Waals surface area contributed by atoms with E-state index < -0.39 is 0 Å². The molecule has 0 fully saturated rings. The summed E-state index contributed by atoms with van der Waals surface area (Å²) in [5.74, 6) is 1.66. The Balaban J connectivity index is 2.16. The predicted octanol–water partition coefficient (Wildman–Crippen LogP) is 3.02. The Morgan fingerprint density at radius 2 is 2.00 bits per heavy atom. The van der Waals surface area contributed by atoms with Crippen LogP contribution in [0.5, 0.6) is 11.5 Å². The van der Waals surface area contributed by atoms with Crippen LogP contribution in [0.3, 0.4) is 0 Å². The normalized spacial score (nSPS) is 10.1. The average molecular weight is 258 g/mol. The second kappa shape index (κ2) is 6.09. The Kier molecular flexibility index (Phi) is 4.23. The van der Waals surface area contributed by atoms with Gasteiger partial charge in [-0.2, -0.15) is 0 Å². The molecular weight excluding hydrogens is 240 g/mol. The van der Waals surface area contributed by atoms with Gasteiger partial charge in [0.15, 0.2) is 0 Å². The van der Waals surface area contributed by atoms with Crippen LogP contribution >= 0.6 is 0 Å². The lowest BCUT2D eigenvalue weighted by atomic mass is 10.1. The fourth-order valence-corrected chi connectivity index (χ4v) is 1.86. The molecule has 0 atom stereocenters. The van der Waals surface area contributed by atoms with Gasteiger partial charge in [-0.25, -0.2) is 0 Å². The summed E-state index contributed by atoms with van der Waals surface area (Å²) in [5.41, 5.74) is 3.23. The van der Waals surface area contributed by atoms with Gasteiger partial charge in [-0.15, -0.1) is 0 Å². The molecule has 0 spiro atoms. The van der Waals surface area contributed by atoms with Gasteiger partial charge >= 0.3 is 0 Å². The number of ether oxygens (including phenoxy) is 2. The molecule has 0 unspecified atom stereocenters. The quantitative estimate of drug-likeness (QED) is 0.895. The van der Waals surface area contributed by atoms with E-state index in [-0.39, 0.29) is 0 Å². The van der Waals surface area contributed by atoms with Crippen molar-refractivity contribution in [3.8, 4) is 11.5 Å². The second-order valence-electron chi connectivity index (χ2n) is 4.22. The first-order chi connectivity index (χ1) is 9.24. The fourth-order valence-electron chi connectivity index (χ4n) is 1.86. The minimum atomic E-state index is 0.660. The first-order valence-electron chi connectivity index (χ1n) is 6.10. The molecule has 1 aromatic heterocycles. The van der Waals surface area contributed by atoms with Gasteiger partial charge in [-0.3, -0.25) is 4.98 Å². The molecule has 0 saturated carbocycles. The number of hydrogen-bond acceptors (Lipinski definition) is 4. The van der Waals surface area contributed by atoms with Crippen molar-refractivity contribution in [1.82, 2.24) is 4.98 Å². The standard InChI is InChI=1S/C15H18N2O2/c1-11-6-7-16-10-14(11)17-9-12-8-13(18-2)4-5-15(12)19-3/h4-8,10,17H,9H2,1-3H3. The van der Waals surface area contributed by atoms with Crippen molar-refractivity contribution < 1.29 is 9.47 Å². The number of nitrogens with zero attached hydrogens (tertiary/aromatic N) is 1. The van der Waals surface area contributed by atoms with Crippen LogP contribution in [0.2, 0.25) is 0 Å². The zero-order valence-corrected chi connectivity index (χ0v) is 11.4. The highest BCUT2D eigenvalue weighted by Crippen LogP contribution is 2.25. The van der Waals surface area contributed by atoms with Crippen molar-refractivity contribution in [3.05, 3.63) is 47.8 Å². The molecule has 0 saturated heterocycles. The number of hydrogen-bond donors (Lipinski definition) is 1. The molecule has 0 radical (unpaired) electrons. The summed E-state index contributed by atoms with van der Waals surface area (Å²) in [5, 5.41) is 3.36. The lowest BCUT2D eigenvalue weighted by Gasteiger charge is -2.13. The number of aromatic nitrogens is 1. The van der Waals surface area contributed by atoms with E-state index in [1.54, 1.807) is 20.4 Å². The number of nitrogens with one attached hydrogen (secondary N) is 1. The van der Waals surface area contributed by atoms with E-state index in [1.165, 1.54) is 0 Å². The minimum absolute atomic E-state index is 0.660. The molecule has 0 aliphatic rings. The van der Waals surface area contributed by atoms with Crippen LogP contribution in [-0.2, 0) is 6.54 Å². The molecule has 1 N–H and O–H groups in total. The number of methoxy groups -OCH3 is 2. The number of rotatable bonds is 5. The number of benzene rings is 1. The van der Waals surface area contributed by atoms with E-state index in [1.807, 2.05) is 37.4 Å². The summed E-state index contributed by atoms with van der Waals surface area (Å²) >= 11 is 0. The van der Waals surface area contributed by atoms with Crippen molar-refractivity contribution in [2.45, 2.75) is 13.5 Å². The molecule has 4 nitrogen and oxygen atoms in total. The lowest BCUT2D eigenvalue weighted by molar-refractivity contribution is 0.399. The van der Waals surface area contributed by atoms with Gasteiger partial charge in [0.05, 0.1) is 26.1 Å². The topological polar surface area (TPSA) is 43.4 Å². The van der Waals surface area contributed by atoms with Crippen molar-refractivity contribution >= 4 is 5.69 Å². The van der Waals surface area contributed by atoms with Gasteiger partial charge in [0, 0.05) is 18.3 Å². The summed E-state index contributed by atoms with van der Waals surface area (Å²) in [6, 6.07) is 7.74. The van der Waals surface area contributed by atoms with E-state index in [9.17, 15) is 0 Å². The third-order valence-electron chi connectivity index (χ3n) is 3.00. The molecule has 2 rings (SSSR count). The molecule has 0 amide bonds. The van der Waals surface area contributed by atoms with Crippen molar-refractivity contribution in [3.63, 3.8) is 0 Å². The van der Waals surface area contributed by atoms with Gasteiger partial charge in [-0.1, -0.05) is 0 Å². The summed E-state index contributed by atoms with van der Waals surface area (Å²) in [6.45, 7) is 2.71. The van der Waals surface area contributed by atoms with Crippen molar-refractivity contribution in [1.29, 1.82) is 0 Å². The van der Waals surface area contributed by atoms with Crippen LogP contribution in [0.25, 0.3) is 0 Å². The SMILES string of the molecule is COc1ccc(OC)c(CNc2cnccc2C)c1. The Labute approximate surface area is 113 Å².